The summed E-state index contributed by atoms with van der Waals surface area (Å²) in [7, 11) is 0. The van der Waals surface area contributed by atoms with E-state index in [9.17, 15) is 5.11 Å². The summed E-state index contributed by atoms with van der Waals surface area (Å²) in [6.45, 7) is 5.33. The highest BCUT2D eigenvalue weighted by molar-refractivity contribution is 5.41. The zero-order valence-corrected chi connectivity index (χ0v) is 12.1. The number of rotatable bonds is 8. The van der Waals surface area contributed by atoms with Crippen molar-refractivity contribution in [3.8, 4) is 5.88 Å². The molecule has 6 heteroatoms. The third-order valence-corrected chi connectivity index (χ3v) is 3.38. The lowest BCUT2D eigenvalue weighted by Crippen LogP contribution is -2.39. The van der Waals surface area contributed by atoms with Crippen molar-refractivity contribution in [3.63, 3.8) is 0 Å². The molecule has 0 saturated carbocycles. The number of hydrogen-bond donors (Lipinski definition) is 2. The van der Waals surface area contributed by atoms with Crippen LogP contribution in [0.1, 0.15) is 26.2 Å². The van der Waals surface area contributed by atoms with Crippen molar-refractivity contribution < 1.29 is 9.84 Å². The Balaban J connectivity index is 2.02. The van der Waals surface area contributed by atoms with Crippen LogP contribution in [0.3, 0.4) is 0 Å². The second-order valence-electron chi connectivity index (χ2n) is 5.03. The van der Waals surface area contributed by atoms with Gasteiger partial charge in [-0.05, 0) is 25.8 Å². The van der Waals surface area contributed by atoms with Crippen LogP contribution in [-0.4, -0.2) is 54.0 Å². The standard InChI is InChI=1S/C14H24N4O2/c1-2-8-20-14-9-13(16-11-17-14)18(6-7-19)10-12-4-3-5-15-12/h9,11-12,15,19H,2-8,10H2,1H3. The Kier molecular flexibility index (Phi) is 6.01. The van der Waals surface area contributed by atoms with Crippen molar-refractivity contribution in [3.05, 3.63) is 12.4 Å². The lowest BCUT2D eigenvalue weighted by molar-refractivity contribution is 0.298. The van der Waals surface area contributed by atoms with Crippen molar-refractivity contribution in [2.45, 2.75) is 32.2 Å². The van der Waals surface area contributed by atoms with Gasteiger partial charge < -0.3 is 20.1 Å². The molecule has 0 bridgehead atoms. The van der Waals surface area contributed by atoms with Crippen LogP contribution in [0, 0.1) is 0 Å². The van der Waals surface area contributed by atoms with E-state index >= 15 is 0 Å². The van der Waals surface area contributed by atoms with E-state index in [2.05, 4.69) is 27.1 Å². The quantitative estimate of drug-likeness (QED) is 0.734. The van der Waals surface area contributed by atoms with E-state index in [0.29, 0.717) is 25.1 Å². The summed E-state index contributed by atoms with van der Waals surface area (Å²) < 4.78 is 5.54. The highest BCUT2D eigenvalue weighted by Crippen LogP contribution is 2.17. The number of anilines is 1. The van der Waals surface area contributed by atoms with E-state index < -0.39 is 0 Å². The largest absolute Gasteiger partial charge is 0.478 e. The molecule has 1 aliphatic heterocycles. The summed E-state index contributed by atoms with van der Waals surface area (Å²) in [5.74, 6) is 1.41. The molecule has 1 aromatic rings. The molecular formula is C14H24N4O2. The van der Waals surface area contributed by atoms with Gasteiger partial charge in [-0.1, -0.05) is 6.92 Å². The van der Waals surface area contributed by atoms with Crippen LogP contribution < -0.4 is 15.0 Å². The average molecular weight is 280 g/mol. The van der Waals surface area contributed by atoms with Gasteiger partial charge in [-0.2, -0.15) is 0 Å². The van der Waals surface area contributed by atoms with Crippen LogP contribution in [0.15, 0.2) is 12.4 Å². The molecule has 1 saturated heterocycles. The minimum atomic E-state index is 0.113. The van der Waals surface area contributed by atoms with Crippen molar-refractivity contribution in [2.24, 2.45) is 0 Å². The van der Waals surface area contributed by atoms with Gasteiger partial charge in [0.2, 0.25) is 5.88 Å². The maximum absolute atomic E-state index is 9.25. The number of hydrogen-bond acceptors (Lipinski definition) is 6. The number of nitrogens with zero attached hydrogens (tertiary/aromatic N) is 3. The summed E-state index contributed by atoms with van der Waals surface area (Å²) in [5, 5.41) is 12.7. The zero-order valence-electron chi connectivity index (χ0n) is 12.1. The first-order valence-corrected chi connectivity index (χ1v) is 7.37. The molecule has 0 aromatic carbocycles. The first kappa shape index (κ1) is 15.0. The smallest absolute Gasteiger partial charge is 0.218 e. The Bertz CT molecular complexity index is 397. The van der Waals surface area contributed by atoms with Gasteiger partial charge in [-0.25, -0.2) is 9.97 Å². The highest BCUT2D eigenvalue weighted by atomic mass is 16.5. The van der Waals surface area contributed by atoms with Crippen LogP contribution in [0.4, 0.5) is 5.82 Å². The molecule has 0 aliphatic carbocycles. The normalized spacial score (nSPS) is 18.2. The Morgan fingerprint density at radius 1 is 1.50 bits per heavy atom. The fraction of sp³-hybridized carbons (Fsp3) is 0.714. The maximum atomic E-state index is 9.25. The summed E-state index contributed by atoms with van der Waals surface area (Å²) in [6, 6.07) is 2.32. The molecule has 2 heterocycles. The minimum Gasteiger partial charge on any atom is -0.478 e. The molecule has 1 aliphatic rings. The molecule has 1 aromatic heterocycles. The Hall–Kier alpha value is -1.40. The fourth-order valence-electron chi connectivity index (χ4n) is 2.39. The maximum Gasteiger partial charge on any atom is 0.218 e. The third kappa shape index (κ3) is 4.31. The Morgan fingerprint density at radius 3 is 3.10 bits per heavy atom. The molecule has 1 unspecified atom stereocenters. The molecular weight excluding hydrogens is 256 g/mol. The average Bonchev–Trinajstić information content (AvgIpc) is 2.98. The van der Waals surface area contributed by atoms with Crippen molar-refractivity contribution in [2.75, 3.05) is 37.7 Å². The summed E-state index contributed by atoms with van der Waals surface area (Å²) in [6.07, 6.45) is 4.86. The van der Waals surface area contributed by atoms with Gasteiger partial charge in [0.05, 0.1) is 13.2 Å². The summed E-state index contributed by atoms with van der Waals surface area (Å²) in [4.78, 5) is 10.5. The third-order valence-electron chi connectivity index (χ3n) is 3.38. The first-order valence-electron chi connectivity index (χ1n) is 7.37. The number of aliphatic hydroxyl groups excluding tert-OH is 1. The monoisotopic (exact) mass is 280 g/mol. The molecule has 1 fully saturated rings. The second-order valence-corrected chi connectivity index (χ2v) is 5.03. The predicted octanol–water partition coefficient (Wildman–Crippen LogP) is 0.816. The summed E-state index contributed by atoms with van der Waals surface area (Å²) in [5.41, 5.74) is 0. The second kappa shape index (κ2) is 8.01. The van der Waals surface area contributed by atoms with E-state index in [-0.39, 0.29) is 6.61 Å². The van der Waals surface area contributed by atoms with Gasteiger partial charge >= 0.3 is 0 Å². The molecule has 2 N–H and O–H groups in total. The van der Waals surface area contributed by atoms with Crippen molar-refractivity contribution >= 4 is 5.82 Å². The first-order chi connectivity index (χ1) is 9.83. The molecule has 0 amide bonds. The fourth-order valence-corrected chi connectivity index (χ4v) is 2.39. The lowest BCUT2D eigenvalue weighted by atomic mass is 10.2. The molecule has 0 spiro atoms. The highest BCUT2D eigenvalue weighted by Gasteiger charge is 2.19. The van der Waals surface area contributed by atoms with E-state index in [1.54, 1.807) is 0 Å². The molecule has 2 rings (SSSR count). The molecule has 20 heavy (non-hydrogen) atoms. The van der Waals surface area contributed by atoms with Crippen LogP contribution in [0.25, 0.3) is 0 Å². The number of ether oxygens (including phenoxy) is 1. The van der Waals surface area contributed by atoms with Gasteiger partial charge in [-0.3, -0.25) is 0 Å². The van der Waals surface area contributed by atoms with Crippen molar-refractivity contribution in [1.29, 1.82) is 0 Å². The summed E-state index contributed by atoms with van der Waals surface area (Å²) >= 11 is 0. The molecule has 112 valence electrons. The SMILES string of the molecule is CCCOc1cc(N(CCO)CC2CCCN2)ncn1. The van der Waals surface area contributed by atoms with Gasteiger partial charge in [0.15, 0.2) is 0 Å². The molecule has 1 atom stereocenters. The Morgan fingerprint density at radius 2 is 2.40 bits per heavy atom. The van der Waals surface area contributed by atoms with Gasteiger partial charge in [-0.15, -0.1) is 0 Å². The van der Waals surface area contributed by atoms with Gasteiger partial charge in [0.25, 0.3) is 0 Å². The van der Waals surface area contributed by atoms with Crippen LogP contribution >= 0.6 is 0 Å². The van der Waals surface area contributed by atoms with Crippen molar-refractivity contribution in [1.82, 2.24) is 15.3 Å². The topological polar surface area (TPSA) is 70.5 Å². The van der Waals surface area contributed by atoms with Crippen LogP contribution in [0.2, 0.25) is 0 Å². The number of aromatic nitrogens is 2. The molecule has 0 radical (unpaired) electrons. The van der Waals surface area contributed by atoms with E-state index in [4.69, 9.17) is 4.74 Å². The van der Waals surface area contributed by atoms with E-state index in [0.717, 1.165) is 25.3 Å². The minimum absolute atomic E-state index is 0.113. The Labute approximate surface area is 120 Å². The van der Waals surface area contributed by atoms with Gasteiger partial charge in [0.1, 0.15) is 12.1 Å². The van der Waals surface area contributed by atoms with Crippen LogP contribution in [-0.2, 0) is 0 Å². The number of aliphatic hydroxyl groups is 1. The predicted molar refractivity (Wildman–Crippen MR) is 78.1 cm³/mol. The lowest BCUT2D eigenvalue weighted by Gasteiger charge is -2.26. The van der Waals surface area contributed by atoms with Crippen LogP contribution in [0.5, 0.6) is 5.88 Å². The molecule has 6 nitrogen and oxygen atoms in total. The number of nitrogens with one attached hydrogen (secondary N) is 1. The van der Waals surface area contributed by atoms with E-state index in [1.807, 2.05) is 6.07 Å². The van der Waals surface area contributed by atoms with E-state index in [1.165, 1.54) is 19.2 Å². The van der Waals surface area contributed by atoms with Gasteiger partial charge in [0, 0.05) is 25.2 Å². The zero-order chi connectivity index (χ0) is 14.2.